The second kappa shape index (κ2) is 5.96. The number of hydrogen-bond donors (Lipinski definition) is 2. The standard InChI is InChI=1S/C14H21N3O/c15-11-14(7-3-1-4-8-14)10-13(18)17-12-6-2-5-9-16-12/h2,5-6,9H,1,3-4,7-8,10-11,15H2,(H,16,17,18). The van der Waals surface area contributed by atoms with Crippen LogP contribution in [0.25, 0.3) is 0 Å². The molecule has 2 rings (SSSR count). The van der Waals surface area contributed by atoms with Crippen molar-refractivity contribution in [2.24, 2.45) is 11.1 Å². The molecular formula is C14H21N3O. The summed E-state index contributed by atoms with van der Waals surface area (Å²) in [5.41, 5.74) is 5.90. The van der Waals surface area contributed by atoms with E-state index in [1.165, 1.54) is 19.3 Å². The zero-order chi connectivity index (χ0) is 12.8. The molecule has 18 heavy (non-hydrogen) atoms. The molecule has 4 nitrogen and oxygen atoms in total. The van der Waals surface area contributed by atoms with Crippen molar-refractivity contribution in [1.29, 1.82) is 0 Å². The van der Waals surface area contributed by atoms with E-state index in [2.05, 4.69) is 10.3 Å². The van der Waals surface area contributed by atoms with Gasteiger partial charge in [0.1, 0.15) is 5.82 Å². The van der Waals surface area contributed by atoms with E-state index < -0.39 is 0 Å². The van der Waals surface area contributed by atoms with Crippen molar-refractivity contribution in [3.05, 3.63) is 24.4 Å². The van der Waals surface area contributed by atoms with Crippen molar-refractivity contribution < 1.29 is 4.79 Å². The fourth-order valence-corrected chi connectivity index (χ4v) is 2.72. The topological polar surface area (TPSA) is 68.0 Å². The fraction of sp³-hybridized carbons (Fsp3) is 0.571. The number of carbonyl (C=O) groups is 1. The van der Waals surface area contributed by atoms with Crippen molar-refractivity contribution in [2.75, 3.05) is 11.9 Å². The lowest BCUT2D eigenvalue weighted by Crippen LogP contribution is -2.36. The van der Waals surface area contributed by atoms with Crippen LogP contribution in [0.3, 0.4) is 0 Å². The summed E-state index contributed by atoms with van der Waals surface area (Å²) in [7, 11) is 0. The molecular weight excluding hydrogens is 226 g/mol. The molecule has 0 saturated heterocycles. The Morgan fingerprint density at radius 1 is 1.33 bits per heavy atom. The van der Waals surface area contributed by atoms with E-state index >= 15 is 0 Å². The van der Waals surface area contributed by atoms with Crippen LogP contribution >= 0.6 is 0 Å². The molecule has 0 spiro atoms. The molecule has 1 amide bonds. The van der Waals surface area contributed by atoms with Gasteiger partial charge >= 0.3 is 0 Å². The zero-order valence-corrected chi connectivity index (χ0v) is 10.7. The second-order valence-electron chi connectivity index (χ2n) is 5.20. The molecule has 0 atom stereocenters. The van der Waals surface area contributed by atoms with Gasteiger partial charge in [-0.1, -0.05) is 25.3 Å². The van der Waals surface area contributed by atoms with Crippen molar-refractivity contribution >= 4 is 11.7 Å². The van der Waals surface area contributed by atoms with Gasteiger partial charge in [0.25, 0.3) is 0 Å². The van der Waals surface area contributed by atoms with E-state index in [0.717, 1.165) is 12.8 Å². The molecule has 4 heteroatoms. The van der Waals surface area contributed by atoms with Crippen LogP contribution in [0.2, 0.25) is 0 Å². The summed E-state index contributed by atoms with van der Waals surface area (Å²) >= 11 is 0. The SMILES string of the molecule is NCC1(CC(=O)Nc2ccccn2)CCCCC1. The largest absolute Gasteiger partial charge is 0.330 e. The summed E-state index contributed by atoms with van der Waals surface area (Å²) in [5, 5.41) is 2.84. The average Bonchev–Trinajstić information content (AvgIpc) is 2.41. The molecule has 0 unspecified atom stereocenters. The molecule has 1 heterocycles. The van der Waals surface area contributed by atoms with Crippen molar-refractivity contribution in [3.63, 3.8) is 0 Å². The van der Waals surface area contributed by atoms with E-state index in [1.54, 1.807) is 12.3 Å². The Kier molecular flexibility index (Phi) is 4.31. The number of pyridine rings is 1. The molecule has 0 radical (unpaired) electrons. The van der Waals surface area contributed by atoms with Gasteiger partial charge < -0.3 is 11.1 Å². The molecule has 3 N–H and O–H groups in total. The fourth-order valence-electron chi connectivity index (χ4n) is 2.72. The Balaban J connectivity index is 1.93. The molecule has 0 bridgehead atoms. The van der Waals surface area contributed by atoms with Crippen LogP contribution in [-0.2, 0) is 4.79 Å². The number of nitrogens with zero attached hydrogens (tertiary/aromatic N) is 1. The average molecular weight is 247 g/mol. The van der Waals surface area contributed by atoms with Gasteiger partial charge in [-0.25, -0.2) is 4.98 Å². The van der Waals surface area contributed by atoms with E-state index in [1.807, 2.05) is 12.1 Å². The van der Waals surface area contributed by atoms with E-state index in [-0.39, 0.29) is 11.3 Å². The van der Waals surface area contributed by atoms with Crippen LogP contribution in [0.5, 0.6) is 0 Å². The number of nitrogens with two attached hydrogens (primary N) is 1. The van der Waals surface area contributed by atoms with Crippen LogP contribution in [0.4, 0.5) is 5.82 Å². The van der Waals surface area contributed by atoms with Gasteiger partial charge in [-0.15, -0.1) is 0 Å². The third-order valence-corrected chi connectivity index (χ3v) is 3.82. The molecule has 1 aromatic rings. The van der Waals surface area contributed by atoms with Gasteiger partial charge in [0.2, 0.25) is 5.91 Å². The number of rotatable bonds is 4. The van der Waals surface area contributed by atoms with Crippen LogP contribution < -0.4 is 11.1 Å². The summed E-state index contributed by atoms with van der Waals surface area (Å²) in [6, 6.07) is 5.49. The highest BCUT2D eigenvalue weighted by Crippen LogP contribution is 2.38. The molecule has 98 valence electrons. The van der Waals surface area contributed by atoms with Gasteiger partial charge in [0.05, 0.1) is 0 Å². The lowest BCUT2D eigenvalue weighted by atomic mass is 9.71. The van der Waals surface area contributed by atoms with Crippen LogP contribution in [-0.4, -0.2) is 17.4 Å². The zero-order valence-electron chi connectivity index (χ0n) is 10.7. The number of carbonyl (C=O) groups excluding carboxylic acids is 1. The third-order valence-electron chi connectivity index (χ3n) is 3.82. The Morgan fingerprint density at radius 2 is 2.11 bits per heavy atom. The van der Waals surface area contributed by atoms with Crippen LogP contribution in [0, 0.1) is 5.41 Å². The summed E-state index contributed by atoms with van der Waals surface area (Å²) < 4.78 is 0. The Hall–Kier alpha value is -1.42. The van der Waals surface area contributed by atoms with E-state index in [4.69, 9.17) is 5.73 Å². The van der Waals surface area contributed by atoms with Gasteiger partial charge in [-0.3, -0.25) is 4.79 Å². The molecule has 1 aromatic heterocycles. The third kappa shape index (κ3) is 3.29. The van der Waals surface area contributed by atoms with Gasteiger partial charge in [0.15, 0.2) is 0 Å². The normalized spacial score (nSPS) is 18.3. The number of hydrogen-bond acceptors (Lipinski definition) is 3. The quantitative estimate of drug-likeness (QED) is 0.858. The maximum Gasteiger partial charge on any atom is 0.226 e. The minimum atomic E-state index is 0.0110. The Labute approximate surface area is 108 Å². The van der Waals surface area contributed by atoms with Gasteiger partial charge in [-0.05, 0) is 36.9 Å². The second-order valence-corrected chi connectivity index (χ2v) is 5.20. The first-order chi connectivity index (χ1) is 8.74. The van der Waals surface area contributed by atoms with E-state index in [9.17, 15) is 4.79 Å². The smallest absolute Gasteiger partial charge is 0.226 e. The Bertz CT molecular complexity index is 385. The number of amides is 1. The molecule has 1 aliphatic carbocycles. The van der Waals surface area contributed by atoms with Crippen LogP contribution in [0.15, 0.2) is 24.4 Å². The summed E-state index contributed by atoms with van der Waals surface area (Å²) in [6.45, 7) is 0.600. The first-order valence-electron chi connectivity index (χ1n) is 6.65. The Morgan fingerprint density at radius 3 is 2.72 bits per heavy atom. The molecule has 1 fully saturated rings. The highest BCUT2D eigenvalue weighted by Gasteiger charge is 2.32. The summed E-state index contributed by atoms with van der Waals surface area (Å²) in [6.07, 6.45) is 7.97. The highest BCUT2D eigenvalue weighted by atomic mass is 16.1. The predicted octanol–water partition coefficient (Wildman–Crippen LogP) is 2.32. The number of nitrogens with one attached hydrogen (secondary N) is 1. The maximum absolute atomic E-state index is 12.0. The van der Waals surface area contributed by atoms with E-state index in [0.29, 0.717) is 18.8 Å². The molecule has 0 aliphatic heterocycles. The molecule has 0 aromatic carbocycles. The maximum atomic E-state index is 12.0. The minimum absolute atomic E-state index is 0.0110. The van der Waals surface area contributed by atoms with Gasteiger partial charge in [-0.2, -0.15) is 0 Å². The van der Waals surface area contributed by atoms with Crippen LogP contribution in [0.1, 0.15) is 38.5 Å². The van der Waals surface area contributed by atoms with Crippen molar-refractivity contribution in [2.45, 2.75) is 38.5 Å². The number of anilines is 1. The first kappa shape index (κ1) is 13.0. The lowest BCUT2D eigenvalue weighted by molar-refractivity contribution is -0.118. The first-order valence-corrected chi connectivity index (χ1v) is 6.65. The summed E-state index contributed by atoms with van der Waals surface area (Å²) in [5.74, 6) is 0.645. The minimum Gasteiger partial charge on any atom is -0.330 e. The van der Waals surface area contributed by atoms with Crippen molar-refractivity contribution in [3.8, 4) is 0 Å². The number of aromatic nitrogens is 1. The monoisotopic (exact) mass is 247 g/mol. The summed E-state index contributed by atoms with van der Waals surface area (Å²) in [4.78, 5) is 16.1. The molecule has 1 saturated carbocycles. The van der Waals surface area contributed by atoms with Crippen molar-refractivity contribution in [1.82, 2.24) is 4.98 Å². The highest BCUT2D eigenvalue weighted by molar-refractivity contribution is 5.90. The van der Waals surface area contributed by atoms with Gasteiger partial charge in [0, 0.05) is 12.6 Å². The predicted molar refractivity (Wildman–Crippen MR) is 72.1 cm³/mol. The molecule has 1 aliphatic rings. The lowest BCUT2D eigenvalue weighted by Gasteiger charge is -2.35.